The summed E-state index contributed by atoms with van der Waals surface area (Å²) in [5.74, 6) is -3.25. The third-order valence-corrected chi connectivity index (χ3v) is 23.8. The summed E-state index contributed by atoms with van der Waals surface area (Å²) in [6.07, 6.45) is 16.7. The van der Waals surface area contributed by atoms with Crippen molar-refractivity contribution in [3.63, 3.8) is 0 Å². The van der Waals surface area contributed by atoms with E-state index in [1.165, 1.54) is 77.0 Å². The second-order valence-electron chi connectivity index (χ2n) is 9.04. The van der Waals surface area contributed by atoms with E-state index in [9.17, 15) is 19.8 Å². The number of unbranched alkanes of at least 4 members (excludes halogenated alkanes) is 6. The first-order valence-corrected chi connectivity index (χ1v) is 26.0. The molecule has 0 aromatic heterocycles. The zero-order valence-electron chi connectivity index (χ0n) is 23.1. The Morgan fingerprint density at radius 3 is 0.727 bits per heavy atom. The fourth-order valence-corrected chi connectivity index (χ4v) is 22.3. The van der Waals surface area contributed by atoms with E-state index in [0.29, 0.717) is 0 Å². The molecule has 0 unspecified atom stereocenters. The zero-order valence-corrected chi connectivity index (χ0v) is 28.8. The van der Waals surface area contributed by atoms with E-state index in [2.05, 4.69) is 41.5 Å². The van der Waals surface area contributed by atoms with E-state index in [1.807, 2.05) is 0 Å². The molecule has 0 bridgehead atoms. The normalized spacial score (nSPS) is 9.88. The molecule has 0 amide bonds. The summed E-state index contributed by atoms with van der Waals surface area (Å²) in [4.78, 5) is 18.6. The summed E-state index contributed by atoms with van der Waals surface area (Å²) in [7, 11) is 0. The molecular weight excluding hydrogens is 626 g/mol. The zero-order chi connectivity index (χ0) is 25.7. The van der Waals surface area contributed by atoms with Gasteiger partial charge in [0.2, 0.25) is 0 Å². The number of hydrogen-bond donors (Lipinski definition) is 0. The Kier molecular flexibility index (Phi) is 37.5. The second kappa shape index (κ2) is 32.5. The van der Waals surface area contributed by atoms with E-state index >= 15 is 0 Å². The average Bonchev–Trinajstić information content (AvgIpc) is 2.78. The summed E-state index contributed by atoms with van der Waals surface area (Å²) in [6.45, 7) is 14.0. The molecule has 33 heavy (non-hydrogen) atoms. The second-order valence-corrected chi connectivity index (χ2v) is 26.2. The van der Waals surface area contributed by atoms with E-state index in [1.54, 1.807) is 26.6 Å². The van der Waals surface area contributed by atoms with Crippen LogP contribution in [0, 0.1) is 0 Å². The predicted octanol–water partition coefficient (Wildman–Crippen LogP) is 6.64. The summed E-state index contributed by atoms with van der Waals surface area (Å²) >= 11 is -1.68. The molecule has 196 valence electrons. The van der Waals surface area contributed by atoms with Crippen LogP contribution in [-0.2, 0) is 9.59 Å². The van der Waals surface area contributed by atoms with E-state index in [0.717, 1.165) is 0 Å². The molecule has 0 fully saturated rings. The van der Waals surface area contributed by atoms with Crippen molar-refractivity contribution in [1.29, 1.82) is 0 Å². The molecule has 0 saturated heterocycles. The van der Waals surface area contributed by atoms with Crippen LogP contribution in [0.1, 0.15) is 125 Å². The Morgan fingerprint density at radius 1 is 0.455 bits per heavy atom. The Bertz CT molecular complexity index is 332. The molecule has 0 saturated carbocycles. The molecule has 6 heteroatoms. The fourth-order valence-electron chi connectivity index (χ4n) is 3.43. The van der Waals surface area contributed by atoms with E-state index in [4.69, 9.17) is 0 Å². The van der Waals surface area contributed by atoms with Crippen molar-refractivity contribution < 1.29 is 19.8 Å². The van der Waals surface area contributed by atoms with Crippen LogP contribution in [0.15, 0.2) is 0 Å². The summed E-state index contributed by atoms with van der Waals surface area (Å²) < 4.78 is 10.1. The van der Waals surface area contributed by atoms with Crippen LogP contribution >= 0.6 is 0 Å². The van der Waals surface area contributed by atoms with Gasteiger partial charge in [-0.2, -0.15) is 0 Å². The summed E-state index contributed by atoms with van der Waals surface area (Å²) in [5, 5.41) is 18.6. The minimum absolute atomic E-state index is 0.839. The fraction of sp³-hybridized carbons (Fsp3) is 0.926. The Balaban J connectivity index is -0.000000429. The van der Waals surface area contributed by atoms with E-state index in [-0.39, 0.29) is 0 Å². The molecule has 0 aromatic rings. The van der Waals surface area contributed by atoms with Gasteiger partial charge in [0.15, 0.2) is 0 Å². The topological polar surface area (TPSA) is 80.3 Å². The number of carbonyl (C=O) groups excluding carboxylic acids is 2. The summed E-state index contributed by atoms with van der Waals surface area (Å²) in [5.41, 5.74) is 0. The number of carboxylic acid groups (broad SMARTS) is 2. The molecule has 0 heterocycles. The van der Waals surface area contributed by atoms with Crippen LogP contribution in [0.4, 0.5) is 0 Å². The molecule has 0 atom stereocenters. The minimum Gasteiger partial charge on any atom is -0.550 e. The molecule has 0 aliphatic carbocycles. The molecule has 4 nitrogen and oxygen atoms in total. The van der Waals surface area contributed by atoms with Crippen molar-refractivity contribution in [2.24, 2.45) is 0 Å². The van der Waals surface area contributed by atoms with Crippen LogP contribution in [0.3, 0.4) is 0 Å². The maximum absolute atomic E-state index is 9.28. The van der Waals surface area contributed by atoms with Crippen molar-refractivity contribution in [3.8, 4) is 0 Å². The molecule has 0 aliphatic heterocycles. The van der Waals surface area contributed by atoms with Gasteiger partial charge >= 0.3 is 185 Å². The van der Waals surface area contributed by atoms with Gasteiger partial charge in [0.05, 0.1) is 0 Å². The molecular formula is C27H56O4Sn2. The van der Waals surface area contributed by atoms with Gasteiger partial charge in [-0.05, 0) is 0 Å². The van der Waals surface area contributed by atoms with Crippen LogP contribution in [0.2, 0.25) is 26.6 Å². The number of carbonyl (C=O) groups is 2. The first kappa shape index (κ1) is 38.1. The standard InChI is InChI=1S/6C4H9.C3H4O4.2Sn/c6*1-3-4-2;4-2(5)1-3(6)7;;/h6*1,3-4H2,2H3;1H2,(H,4,5)(H,6,7);;/q;;;;;;;2*+1/p-2. The molecule has 0 N–H and O–H groups in total. The van der Waals surface area contributed by atoms with Crippen molar-refractivity contribution >= 4 is 51.5 Å². The number of hydrogen-bond acceptors (Lipinski definition) is 4. The first-order chi connectivity index (χ1) is 15.8. The van der Waals surface area contributed by atoms with Gasteiger partial charge in [-0.15, -0.1) is 0 Å². The van der Waals surface area contributed by atoms with Crippen LogP contribution in [0.25, 0.3) is 0 Å². The number of rotatable bonds is 20. The Morgan fingerprint density at radius 2 is 0.636 bits per heavy atom. The van der Waals surface area contributed by atoms with Crippen molar-refractivity contribution in [3.05, 3.63) is 0 Å². The molecule has 0 radical (unpaired) electrons. The minimum atomic E-state index is -1.63. The van der Waals surface area contributed by atoms with Gasteiger partial charge in [-0.3, -0.25) is 0 Å². The Labute approximate surface area is 221 Å². The molecule has 0 aliphatic rings. The van der Waals surface area contributed by atoms with Crippen molar-refractivity contribution in [2.75, 3.05) is 0 Å². The van der Waals surface area contributed by atoms with Gasteiger partial charge in [-0.1, -0.05) is 0 Å². The van der Waals surface area contributed by atoms with Gasteiger partial charge in [0.1, 0.15) is 0 Å². The number of aliphatic carboxylic acids is 2. The van der Waals surface area contributed by atoms with Crippen LogP contribution in [-0.4, -0.2) is 51.5 Å². The van der Waals surface area contributed by atoms with Crippen molar-refractivity contribution in [1.82, 2.24) is 0 Å². The molecule has 0 spiro atoms. The third kappa shape index (κ3) is 37.3. The monoisotopic (exact) mass is 684 g/mol. The summed E-state index contributed by atoms with van der Waals surface area (Å²) in [6, 6.07) is 0. The largest absolute Gasteiger partial charge is 0.550 e. The van der Waals surface area contributed by atoms with Crippen LogP contribution < -0.4 is 10.2 Å². The van der Waals surface area contributed by atoms with Crippen molar-refractivity contribution in [2.45, 2.75) is 152 Å². The maximum atomic E-state index is 9.28. The average molecular weight is 682 g/mol. The van der Waals surface area contributed by atoms with E-state index < -0.39 is 57.9 Å². The molecule has 0 rings (SSSR count). The molecule has 0 aromatic carbocycles. The van der Waals surface area contributed by atoms with Gasteiger partial charge in [0, 0.05) is 18.4 Å². The van der Waals surface area contributed by atoms with Crippen LogP contribution in [0.5, 0.6) is 0 Å². The number of carboxylic acids is 2. The van der Waals surface area contributed by atoms with Gasteiger partial charge < -0.3 is 19.8 Å². The first-order valence-electron chi connectivity index (χ1n) is 13.9. The van der Waals surface area contributed by atoms with Gasteiger partial charge in [0.25, 0.3) is 0 Å². The quantitative estimate of drug-likeness (QED) is 0.107. The smallest absolute Gasteiger partial charge is 0.0470 e. The maximum Gasteiger partial charge on any atom is 0.0470 e. The van der Waals surface area contributed by atoms with Gasteiger partial charge in [-0.25, -0.2) is 0 Å². The Hall–Kier alpha value is 0.537. The predicted molar refractivity (Wildman–Crippen MR) is 144 cm³/mol. The third-order valence-electron chi connectivity index (χ3n) is 5.59. The SMILES string of the molecule is CCC[CH2][Sn+]([CH2]CCC)[CH2]CCC.CCC[CH2][Sn+]([CH2]CCC)[CH2]CCC.O=C([O-])CC(=O)[O-].